The molecule has 0 heterocycles. The Bertz CT molecular complexity index is 491. The summed E-state index contributed by atoms with van der Waals surface area (Å²) in [5.41, 5.74) is 0.692. The summed E-state index contributed by atoms with van der Waals surface area (Å²) in [4.78, 5) is 0.223. The van der Waals surface area contributed by atoms with Gasteiger partial charge in [-0.1, -0.05) is 12.1 Å². The fourth-order valence-corrected chi connectivity index (χ4v) is 3.18. The van der Waals surface area contributed by atoms with Crippen LogP contribution in [-0.2, 0) is 21.4 Å². The summed E-state index contributed by atoms with van der Waals surface area (Å²) in [5, 5.41) is 8.90. The van der Waals surface area contributed by atoms with Crippen molar-refractivity contribution in [1.29, 1.82) is 0 Å². The summed E-state index contributed by atoms with van der Waals surface area (Å²) in [5.74, 6) is 0. The minimum Gasteiger partial charge on any atom is -0.392 e. The third kappa shape index (κ3) is 2.89. The summed E-state index contributed by atoms with van der Waals surface area (Å²) in [6.45, 7) is -0.0914. The first-order valence-electron chi connectivity index (χ1n) is 5.80. The summed E-state index contributed by atoms with van der Waals surface area (Å²) in [7, 11) is -1.84. The highest BCUT2D eigenvalue weighted by Gasteiger charge is 2.32. The molecular formula is C12H17NO4S. The Morgan fingerprint density at radius 3 is 2.44 bits per heavy atom. The third-order valence-electron chi connectivity index (χ3n) is 3.17. The van der Waals surface area contributed by atoms with Crippen LogP contribution >= 0.6 is 0 Å². The summed E-state index contributed by atoms with van der Waals surface area (Å²) in [6.07, 6.45) is 1.59. The topological polar surface area (TPSA) is 75.6 Å². The van der Waals surface area contributed by atoms with Crippen molar-refractivity contribution < 1.29 is 18.3 Å². The van der Waals surface area contributed by atoms with Gasteiger partial charge in [-0.3, -0.25) is 0 Å². The van der Waals surface area contributed by atoms with E-state index in [2.05, 4.69) is 4.72 Å². The smallest absolute Gasteiger partial charge is 0.240 e. The number of nitrogens with one attached hydrogen (secondary N) is 1. The maximum Gasteiger partial charge on any atom is 0.240 e. The van der Waals surface area contributed by atoms with Crippen LogP contribution in [0.3, 0.4) is 0 Å². The maximum atomic E-state index is 12.0. The quantitative estimate of drug-likeness (QED) is 0.824. The van der Waals surface area contributed by atoms with E-state index >= 15 is 0 Å². The first kappa shape index (κ1) is 13.5. The maximum absolute atomic E-state index is 12.0. The van der Waals surface area contributed by atoms with E-state index in [1.54, 1.807) is 19.2 Å². The minimum absolute atomic E-state index is 0.0440. The van der Waals surface area contributed by atoms with Crippen LogP contribution < -0.4 is 4.72 Å². The predicted octanol–water partition coefficient (Wildman–Crippen LogP) is 0.635. The van der Waals surface area contributed by atoms with Crippen molar-refractivity contribution in [2.45, 2.75) is 36.5 Å². The van der Waals surface area contributed by atoms with Crippen molar-refractivity contribution in [3.05, 3.63) is 29.8 Å². The molecule has 0 bridgehead atoms. The normalized spacial score (nSPS) is 23.7. The standard InChI is InChI=1S/C12H17NO4S/c1-17-11-6-10(7-11)13-18(15,16)12-4-2-9(8-14)3-5-12/h2-5,10-11,13-14H,6-8H2,1H3. The largest absolute Gasteiger partial charge is 0.392 e. The molecule has 1 fully saturated rings. The van der Waals surface area contributed by atoms with Crippen LogP contribution in [0.2, 0.25) is 0 Å². The van der Waals surface area contributed by atoms with Gasteiger partial charge in [-0.25, -0.2) is 13.1 Å². The third-order valence-corrected chi connectivity index (χ3v) is 4.70. The molecule has 1 aliphatic carbocycles. The van der Waals surface area contributed by atoms with Crippen molar-refractivity contribution >= 4 is 10.0 Å². The van der Waals surface area contributed by atoms with E-state index in [4.69, 9.17) is 9.84 Å². The van der Waals surface area contributed by atoms with E-state index < -0.39 is 10.0 Å². The lowest BCUT2D eigenvalue weighted by atomic mass is 9.90. The van der Waals surface area contributed by atoms with Crippen molar-refractivity contribution in [1.82, 2.24) is 4.72 Å². The van der Waals surface area contributed by atoms with Crippen molar-refractivity contribution in [3.63, 3.8) is 0 Å². The zero-order chi connectivity index (χ0) is 13.2. The second-order valence-electron chi connectivity index (χ2n) is 4.45. The second kappa shape index (κ2) is 5.36. The second-order valence-corrected chi connectivity index (χ2v) is 6.16. The van der Waals surface area contributed by atoms with Gasteiger partial charge in [-0.2, -0.15) is 0 Å². The zero-order valence-electron chi connectivity index (χ0n) is 10.2. The van der Waals surface area contributed by atoms with E-state index in [1.807, 2.05) is 0 Å². The number of rotatable bonds is 5. The molecule has 0 unspecified atom stereocenters. The molecule has 5 nitrogen and oxygen atoms in total. The molecule has 18 heavy (non-hydrogen) atoms. The highest BCUT2D eigenvalue weighted by Crippen LogP contribution is 2.24. The number of aliphatic hydroxyl groups excluding tert-OH is 1. The van der Waals surface area contributed by atoms with Gasteiger partial charge in [0.05, 0.1) is 17.6 Å². The van der Waals surface area contributed by atoms with Crippen LogP contribution in [0.1, 0.15) is 18.4 Å². The number of aliphatic hydroxyl groups is 1. The number of sulfonamides is 1. The van der Waals surface area contributed by atoms with Gasteiger partial charge in [0.2, 0.25) is 10.0 Å². The highest BCUT2D eigenvalue weighted by atomic mass is 32.2. The average Bonchev–Trinajstić information content (AvgIpc) is 2.33. The predicted molar refractivity (Wildman–Crippen MR) is 66.5 cm³/mol. The summed E-state index contributed by atoms with van der Waals surface area (Å²) >= 11 is 0. The highest BCUT2D eigenvalue weighted by molar-refractivity contribution is 7.89. The van der Waals surface area contributed by atoms with Gasteiger partial charge in [-0.15, -0.1) is 0 Å². The van der Waals surface area contributed by atoms with Crippen molar-refractivity contribution in [3.8, 4) is 0 Å². The van der Waals surface area contributed by atoms with E-state index in [0.717, 1.165) is 0 Å². The molecule has 0 aliphatic heterocycles. The molecule has 0 amide bonds. The monoisotopic (exact) mass is 271 g/mol. The van der Waals surface area contributed by atoms with Crippen LogP contribution in [0.25, 0.3) is 0 Å². The molecule has 1 aromatic carbocycles. The Balaban J connectivity index is 2.02. The Labute approximate surface area is 107 Å². The van der Waals surface area contributed by atoms with Gasteiger partial charge < -0.3 is 9.84 Å². The Kier molecular flexibility index (Phi) is 4.01. The molecule has 100 valence electrons. The lowest BCUT2D eigenvalue weighted by Gasteiger charge is -2.34. The Morgan fingerprint density at radius 2 is 1.94 bits per heavy atom. The van der Waals surface area contributed by atoms with Crippen LogP contribution in [0.4, 0.5) is 0 Å². The molecule has 0 atom stereocenters. The molecule has 1 aromatic rings. The minimum atomic E-state index is -3.46. The molecule has 1 saturated carbocycles. The van der Waals surface area contributed by atoms with Crippen molar-refractivity contribution in [2.24, 2.45) is 0 Å². The summed E-state index contributed by atoms with van der Waals surface area (Å²) in [6, 6.07) is 6.17. The van der Waals surface area contributed by atoms with Gasteiger partial charge in [-0.05, 0) is 30.5 Å². The molecule has 0 aromatic heterocycles. The zero-order valence-corrected chi connectivity index (χ0v) is 11.0. The van der Waals surface area contributed by atoms with Gasteiger partial charge in [0, 0.05) is 13.2 Å². The van der Waals surface area contributed by atoms with Gasteiger partial charge in [0.15, 0.2) is 0 Å². The number of ether oxygens (including phenoxy) is 1. The van der Waals surface area contributed by atoms with Crippen LogP contribution in [0.5, 0.6) is 0 Å². The molecule has 2 N–H and O–H groups in total. The number of methoxy groups -OCH3 is 1. The SMILES string of the molecule is COC1CC(NS(=O)(=O)c2ccc(CO)cc2)C1. The number of hydrogen-bond acceptors (Lipinski definition) is 4. The average molecular weight is 271 g/mol. The van der Waals surface area contributed by atoms with Gasteiger partial charge >= 0.3 is 0 Å². The van der Waals surface area contributed by atoms with Gasteiger partial charge in [0.1, 0.15) is 0 Å². The Hall–Kier alpha value is -0.950. The van der Waals surface area contributed by atoms with E-state index in [0.29, 0.717) is 18.4 Å². The molecule has 6 heteroatoms. The van der Waals surface area contributed by atoms with E-state index in [9.17, 15) is 8.42 Å². The molecular weight excluding hydrogens is 254 g/mol. The lowest BCUT2D eigenvalue weighted by molar-refractivity contribution is 0.0236. The molecule has 0 radical (unpaired) electrons. The van der Waals surface area contributed by atoms with Crippen LogP contribution in [0, 0.1) is 0 Å². The summed E-state index contributed by atoms with van der Waals surface area (Å²) < 4.78 is 31.8. The first-order chi connectivity index (χ1) is 8.55. The molecule has 0 spiro atoms. The van der Waals surface area contributed by atoms with Gasteiger partial charge in [0.25, 0.3) is 0 Å². The molecule has 1 aliphatic rings. The fraction of sp³-hybridized carbons (Fsp3) is 0.500. The Morgan fingerprint density at radius 1 is 1.33 bits per heavy atom. The molecule has 0 saturated heterocycles. The van der Waals surface area contributed by atoms with Crippen molar-refractivity contribution in [2.75, 3.05) is 7.11 Å². The number of benzene rings is 1. The van der Waals surface area contributed by atoms with Crippen LogP contribution in [0.15, 0.2) is 29.2 Å². The number of hydrogen-bond donors (Lipinski definition) is 2. The fourth-order valence-electron chi connectivity index (χ4n) is 1.92. The van der Waals surface area contributed by atoms with Crippen LogP contribution in [-0.4, -0.2) is 32.8 Å². The van der Waals surface area contributed by atoms with E-state index in [1.165, 1.54) is 12.1 Å². The lowest BCUT2D eigenvalue weighted by Crippen LogP contribution is -2.47. The first-order valence-corrected chi connectivity index (χ1v) is 7.28. The molecule has 2 rings (SSSR count). The van der Waals surface area contributed by atoms with E-state index in [-0.39, 0.29) is 23.6 Å².